The molecule has 0 radical (unpaired) electrons. The fourth-order valence-electron chi connectivity index (χ4n) is 2.42. The van der Waals surface area contributed by atoms with Crippen LogP contribution in [0.25, 0.3) is 0 Å². The SMILES string of the molecule is CCn1nc(C)c(Br)c1CNC(C)C1CCCO1. The number of ether oxygens (including phenoxy) is 1. The lowest BCUT2D eigenvalue weighted by Gasteiger charge is -2.20. The number of hydrogen-bond donors (Lipinski definition) is 1. The highest BCUT2D eigenvalue weighted by Gasteiger charge is 2.22. The molecule has 102 valence electrons. The zero-order chi connectivity index (χ0) is 13.1. The summed E-state index contributed by atoms with van der Waals surface area (Å²) in [5.41, 5.74) is 2.28. The second-order valence-corrected chi connectivity index (χ2v) is 5.68. The summed E-state index contributed by atoms with van der Waals surface area (Å²) < 4.78 is 8.87. The van der Waals surface area contributed by atoms with Crippen molar-refractivity contribution in [1.29, 1.82) is 0 Å². The number of halogens is 1. The van der Waals surface area contributed by atoms with E-state index in [-0.39, 0.29) is 0 Å². The lowest BCUT2D eigenvalue weighted by Crippen LogP contribution is -2.37. The summed E-state index contributed by atoms with van der Waals surface area (Å²) in [7, 11) is 0. The van der Waals surface area contributed by atoms with Gasteiger partial charge in [0.15, 0.2) is 0 Å². The smallest absolute Gasteiger partial charge is 0.0739 e. The van der Waals surface area contributed by atoms with Crippen LogP contribution in [0.3, 0.4) is 0 Å². The number of hydrogen-bond acceptors (Lipinski definition) is 3. The number of rotatable bonds is 5. The van der Waals surface area contributed by atoms with E-state index in [1.165, 1.54) is 18.5 Å². The molecule has 2 atom stereocenters. The Morgan fingerprint density at radius 3 is 3.00 bits per heavy atom. The summed E-state index contributed by atoms with van der Waals surface area (Å²) in [5.74, 6) is 0. The molecule has 1 saturated heterocycles. The molecule has 0 spiro atoms. The Bertz CT molecular complexity index is 399. The molecule has 0 saturated carbocycles. The Kier molecular flexibility index (Phi) is 4.81. The molecule has 0 aromatic carbocycles. The van der Waals surface area contributed by atoms with Crippen LogP contribution in [0, 0.1) is 6.92 Å². The van der Waals surface area contributed by atoms with E-state index < -0.39 is 0 Å². The Balaban J connectivity index is 1.96. The van der Waals surface area contributed by atoms with E-state index in [1.54, 1.807) is 0 Å². The maximum atomic E-state index is 5.70. The van der Waals surface area contributed by atoms with Gasteiger partial charge in [0, 0.05) is 25.7 Å². The van der Waals surface area contributed by atoms with E-state index in [9.17, 15) is 0 Å². The van der Waals surface area contributed by atoms with Crippen molar-refractivity contribution in [3.63, 3.8) is 0 Å². The lowest BCUT2D eigenvalue weighted by molar-refractivity contribution is 0.0829. The van der Waals surface area contributed by atoms with Crippen molar-refractivity contribution in [2.24, 2.45) is 0 Å². The Morgan fingerprint density at radius 1 is 1.61 bits per heavy atom. The van der Waals surface area contributed by atoms with Gasteiger partial charge in [0.1, 0.15) is 0 Å². The first-order valence-electron chi connectivity index (χ1n) is 6.70. The van der Waals surface area contributed by atoms with Crippen LogP contribution in [0.15, 0.2) is 4.47 Å². The van der Waals surface area contributed by atoms with Gasteiger partial charge >= 0.3 is 0 Å². The van der Waals surface area contributed by atoms with Crippen molar-refractivity contribution in [2.45, 2.75) is 58.8 Å². The van der Waals surface area contributed by atoms with E-state index in [4.69, 9.17) is 4.74 Å². The molecule has 18 heavy (non-hydrogen) atoms. The van der Waals surface area contributed by atoms with Gasteiger partial charge in [0.2, 0.25) is 0 Å². The number of nitrogens with zero attached hydrogens (tertiary/aromatic N) is 2. The van der Waals surface area contributed by atoms with Gasteiger partial charge < -0.3 is 10.1 Å². The topological polar surface area (TPSA) is 39.1 Å². The maximum absolute atomic E-state index is 5.70. The molecule has 4 nitrogen and oxygen atoms in total. The summed E-state index contributed by atoms with van der Waals surface area (Å²) in [4.78, 5) is 0. The zero-order valence-electron chi connectivity index (χ0n) is 11.4. The minimum atomic E-state index is 0.364. The van der Waals surface area contributed by atoms with Crippen LogP contribution in [-0.2, 0) is 17.8 Å². The van der Waals surface area contributed by atoms with Crippen molar-refractivity contribution < 1.29 is 4.74 Å². The van der Waals surface area contributed by atoms with Gasteiger partial charge in [0.05, 0.1) is 22.0 Å². The van der Waals surface area contributed by atoms with Crippen LogP contribution in [0.5, 0.6) is 0 Å². The van der Waals surface area contributed by atoms with Crippen molar-refractivity contribution in [2.75, 3.05) is 6.61 Å². The van der Waals surface area contributed by atoms with Gasteiger partial charge in [0.25, 0.3) is 0 Å². The van der Waals surface area contributed by atoms with Crippen LogP contribution in [0.2, 0.25) is 0 Å². The molecule has 1 aromatic rings. The third-order valence-electron chi connectivity index (χ3n) is 3.57. The zero-order valence-corrected chi connectivity index (χ0v) is 13.0. The summed E-state index contributed by atoms with van der Waals surface area (Å²) in [6.45, 7) is 8.99. The largest absolute Gasteiger partial charge is 0.377 e. The highest BCUT2D eigenvalue weighted by Crippen LogP contribution is 2.22. The maximum Gasteiger partial charge on any atom is 0.0739 e. The fraction of sp³-hybridized carbons (Fsp3) is 0.769. The van der Waals surface area contributed by atoms with Crippen LogP contribution in [0.4, 0.5) is 0 Å². The first-order valence-corrected chi connectivity index (χ1v) is 7.49. The number of nitrogens with one attached hydrogen (secondary N) is 1. The van der Waals surface area contributed by atoms with Crippen molar-refractivity contribution in [3.8, 4) is 0 Å². The second kappa shape index (κ2) is 6.17. The van der Waals surface area contributed by atoms with Crippen LogP contribution in [-0.4, -0.2) is 28.5 Å². The highest BCUT2D eigenvalue weighted by atomic mass is 79.9. The van der Waals surface area contributed by atoms with Crippen molar-refractivity contribution >= 4 is 15.9 Å². The van der Waals surface area contributed by atoms with Crippen LogP contribution in [0.1, 0.15) is 38.1 Å². The molecule has 2 rings (SSSR count). The van der Waals surface area contributed by atoms with Gasteiger partial charge in [-0.2, -0.15) is 5.10 Å². The molecular weight excluding hydrogens is 294 g/mol. The Morgan fingerprint density at radius 2 is 2.39 bits per heavy atom. The molecule has 0 amide bonds. The summed E-state index contributed by atoms with van der Waals surface area (Å²) >= 11 is 3.62. The first-order chi connectivity index (χ1) is 8.63. The van der Waals surface area contributed by atoms with Crippen molar-refractivity contribution in [1.82, 2.24) is 15.1 Å². The molecule has 1 aliphatic heterocycles. The van der Waals surface area contributed by atoms with Crippen molar-refractivity contribution in [3.05, 3.63) is 15.9 Å². The van der Waals surface area contributed by atoms with Gasteiger partial charge in [-0.1, -0.05) is 0 Å². The van der Waals surface area contributed by atoms with E-state index in [1.807, 2.05) is 6.92 Å². The average molecular weight is 316 g/mol. The van der Waals surface area contributed by atoms with Crippen LogP contribution >= 0.6 is 15.9 Å². The van der Waals surface area contributed by atoms with E-state index in [2.05, 4.69) is 44.9 Å². The lowest BCUT2D eigenvalue weighted by atomic mass is 10.1. The Hall–Kier alpha value is -0.390. The standard InChI is InChI=1S/C13H22BrN3O/c1-4-17-11(13(14)10(3)16-17)8-15-9(2)12-6-5-7-18-12/h9,12,15H,4-8H2,1-3H3. The predicted molar refractivity (Wildman–Crippen MR) is 75.6 cm³/mol. The minimum absolute atomic E-state index is 0.364. The molecule has 1 fully saturated rings. The molecule has 1 aromatic heterocycles. The van der Waals surface area contributed by atoms with E-state index >= 15 is 0 Å². The average Bonchev–Trinajstić information content (AvgIpc) is 2.97. The van der Waals surface area contributed by atoms with E-state index in [0.29, 0.717) is 12.1 Å². The van der Waals surface area contributed by atoms with Gasteiger partial charge in [-0.3, -0.25) is 4.68 Å². The molecule has 1 N–H and O–H groups in total. The fourth-order valence-corrected chi connectivity index (χ4v) is 2.85. The molecule has 2 heterocycles. The first kappa shape index (κ1) is 14.0. The third kappa shape index (κ3) is 2.95. The van der Waals surface area contributed by atoms with Gasteiger partial charge in [-0.15, -0.1) is 0 Å². The monoisotopic (exact) mass is 315 g/mol. The molecule has 0 aliphatic carbocycles. The third-order valence-corrected chi connectivity index (χ3v) is 4.60. The molecular formula is C13H22BrN3O. The normalized spacial score (nSPS) is 21.4. The predicted octanol–water partition coefficient (Wildman–Crippen LogP) is 2.63. The number of aromatic nitrogens is 2. The number of aryl methyl sites for hydroxylation is 2. The second-order valence-electron chi connectivity index (χ2n) is 4.88. The highest BCUT2D eigenvalue weighted by molar-refractivity contribution is 9.10. The molecule has 1 aliphatic rings. The van der Waals surface area contributed by atoms with E-state index in [0.717, 1.165) is 29.9 Å². The molecule has 5 heteroatoms. The van der Waals surface area contributed by atoms with Gasteiger partial charge in [-0.05, 0) is 49.5 Å². The van der Waals surface area contributed by atoms with Gasteiger partial charge in [-0.25, -0.2) is 0 Å². The minimum Gasteiger partial charge on any atom is -0.377 e. The Labute approximate surface area is 117 Å². The summed E-state index contributed by atoms with van der Waals surface area (Å²) in [5, 5.41) is 8.06. The van der Waals surface area contributed by atoms with Crippen LogP contribution < -0.4 is 5.32 Å². The summed E-state index contributed by atoms with van der Waals surface area (Å²) in [6.07, 6.45) is 2.72. The summed E-state index contributed by atoms with van der Waals surface area (Å²) in [6, 6.07) is 0.389. The molecule has 2 unspecified atom stereocenters. The quantitative estimate of drug-likeness (QED) is 0.908. The molecule has 0 bridgehead atoms.